The summed E-state index contributed by atoms with van der Waals surface area (Å²) in [6.45, 7) is 2.67. The van der Waals surface area contributed by atoms with E-state index in [0.29, 0.717) is 12.1 Å². The summed E-state index contributed by atoms with van der Waals surface area (Å²) in [6.07, 6.45) is 1.67. The molecule has 4 nitrogen and oxygen atoms in total. The minimum Gasteiger partial charge on any atom is -0.397 e. The average molecular weight is 305 g/mol. The van der Waals surface area contributed by atoms with Crippen molar-refractivity contribution in [3.05, 3.63) is 27.7 Å². The molecule has 4 N–H and O–H groups in total. The molecule has 0 aromatic heterocycles. The highest BCUT2D eigenvalue weighted by Crippen LogP contribution is 2.29. The van der Waals surface area contributed by atoms with Gasteiger partial charge in [-0.2, -0.15) is 0 Å². The molecule has 1 atom stereocenters. The van der Waals surface area contributed by atoms with Crippen molar-refractivity contribution in [2.45, 2.75) is 19.8 Å². The van der Waals surface area contributed by atoms with Gasteiger partial charge in [0.2, 0.25) is 0 Å². The van der Waals surface area contributed by atoms with E-state index in [-0.39, 0.29) is 34.2 Å². The molecule has 19 heavy (non-hydrogen) atoms. The molecule has 1 aromatic rings. The van der Waals surface area contributed by atoms with Crippen LogP contribution < -0.4 is 11.1 Å². The third kappa shape index (κ3) is 4.90. The normalized spacial score (nSPS) is 12.2. The highest BCUT2D eigenvalue weighted by molar-refractivity contribution is 6.43. The molecule has 1 unspecified atom stereocenters. The van der Waals surface area contributed by atoms with Crippen LogP contribution in [0.1, 0.15) is 30.1 Å². The number of rotatable bonds is 6. The van der Waals surface area contributed by atoms with Gasteiger partial charge in [0.1, 0.15) is 0 Å². The van der Waals surface area contributed by atoms with Crippen LogP contribution in [0, 0.1) is 5.92 Å². The molecule has 0 heterocycles. The van der Waals surface area contributed by atoms with Crippen molar-refractivity contribution in [2.75, 3.05) is 18.9 Å². The van der Waals surface area contributed by atoms with Gasteiger partial charge in [-0.1, -0.05) is 30.1 Å². The molecule has 0 saturated carbocycles. The largest absolute Gasteiger partial charge is 0.397 e. The standard InChI is InChI=1S/C13H18Cl2N2O2/c1-8(7-18)3-2-4-17-13(19)9-5-10(14)12(15)11(16)6-9/h5-6,8,18H,2-4,7,16H2,1H3,(H,17,19). The number of hydrogen-bond acceptors (Lipinski definition) is 3. The zero-order valence-electron chi connectivity index (χ0n) is 10.7. The van der Waals surface area contributed by atoms with Crippen molar-refractivity contribution in [3.63, 3.8) is 0 Å². The average Bonchev–Trinajstić information content (AvgIpc) is 2.39. The first-order valence-corrected chi connectivity index (χ1v) is 6.85. The fourth-order valence-corrected chi connectivity index (χ4v) is 1.92. The molecule has 1 rings (SSSR count). The molecular formula is C13H18Cl2N2O2. The summed E-state index contributed by atoms with van der Waals surface area (Å²) in [6, 6.07) is 2.99. The van der Waals surface area contributed by atoms with Crippen LogP contribution in [0.15, 0.2) is 12.1 Å². The first-order valence-electron chi connectivity index (χ1n) is 6.09. The fourth-order valence-electron chi connectivity index (χ4n) is 1.59. The Bertz CT molecular complexity index is 429. The van der Waals surface area contributed by atoms with Crippen molar-refractivity contribution < 1.29 is 9.90 Å². The maximum atomic E-state index is 11.9. The summed E-state index contributed by atoms with van der Waals surface area (Å²) in [5.41, 5.74) is 6.32. The molecule has 0 bridgehead atoms. The zero-order chi connectivity index (χ0) is 14.4. The summed E-state index contributed by atoms with van der Waals surface area (Å²) in [5, 5.41) is 12.2. The predicted octanol–water partition coefficient (Wildman–Crippen LogP) is 2.71. The molecule has 0 aliphatic heterocycles. The van der Waals surface area contributed by atoms with E-state index in [0.717, 1.165) is 12.8 Å². The number of nitrogens with two attached hydrogens (primary N) is 1. The van der Waals surface area contributed by atoms with Gasteiger partial charge in [0, 0.05) is 18.7 Å². The molecular weight excluding hydrogens is 287 g/mol. The minimum atomic E-state index is -0.234. The van der Waals surface area contributed by atoms with E-state index in [1.165, 1.54) is 12.1 Å². The summed E-state index contributed by atoms with van der Waals surface area (Å²) >= 11 is 11.7. The van der Waals surface area contributed by atoms with Crippen LogP contribution in [0.4, 0.5) is 5.69 Å². The number of nitrogen functional groups attached to an aromatic ring is 1. The summed E-state index contributed by atoms with van der Waals surface area (Å²) in [4.78, 5) is 11.9. The second kappa shape index (κ2) is 7.58. The number of benzene rings is 1. The zero-order valence-corrected chi connectivity index (χ0v) is 12.3. The maximum Gasteiger partial charge on any atom is 0.251 e. The Morgan fingerprint density at radius 1 is 1.47 bits per heavy atom. The quantitative estimate of drug-likeness (QED) is 0.559. The Labute approximate surface area is 122 Å². The number of aliphatic hydroxyl groups is 1. The number of amides is 1. The number of halogens is 2. The van der Waals surface area contributed by atoms with Crippen molar-refractivity contribution in [3.8, 4) is 0 Å². The fraction of sp³-hybridized carbons (Fsp3) is 0.462. The first kappa shape index (κ1) is 16.1. The summed E-state index contributed by atoms with van der Waals surface area (Å²) < 4.78 is 0. The van der Waals surface area contributed by atoms with Crippen molar-refractivity contribution in [1.82, 2.24) is 5.32 Å². The Kier molecular flexibility index (Phi) is 6.42. The predicted molar refractivity (Wildman–Crippen MR) is 78.7 cm³/mol. The second-order valence-electron chi connectivity index (χ2n) is 4.55. The number of nitrogens with one attached hydrogen (secondary N) is 1. The third-order valence-corrected chi connectivity index (χ3v) is 3.61. The lowest BCUT2D eigenvalue weighted by molar-refractivity contribution is 0.0952. The SMILES string of the molecule is CC(CO)CCCNC(=O)c1cc(N)c(Cl)c(Cl)c1. The highest BCUT2D eigenvalue weighted by atomic mass is 35.5. The van der Waals surface area contributed by atoms with E-state index in [1.54, 1.807) is 0 Å². The van der Waals surface area contributed by atoms with Crippen LogP contribution in [0.2, 0.25) is 10.0 Å². The topological polar surface area (TPSA) is 75.3 Å². The van der Waals surface area contributed by atoms with Gasteiger partial charge in [0.25, 0.3) is 5.91 Å². The highest BCUT2D eigenvalue weighted by Gasteiger charge is 2.11. The van der Waals surface area contributed by atoms with Gasteiger partial charge < -0.3 is 16.2 Å². The molecule has 6 heteroatoms. The van der Waals surface area contributed by atoms with Gasteiger partial charge in [0.15, 0.2) is 0 Å². The van der Waals surface area contributed by atoms with E-state index >= 15 is 0 Å². The van der Waals surface area contributed by atoms with Gasteiger partial charge in [-0.05, 0) is 30.9 Å². The van der Waals surface area contributed by atoms with Crippen molar-refractivity contribution >= 4 is 34.8 Å². The smallest absolute Gasteiger partial charge is 0.251 e. The van der Waals surface area contributed by atoms with Gasteiger partial charge in [0.05, 0.1) is 15.7 Å². The van der Waals surface area contributed by atoms with E-state index < -0.39 is 0 Å². The van der Waals surface area contributed by atoms with Crippen LogP contribution in [0.25, 0.3) is 0 Å². The van der Waals surface area contributed by atoms with Crippen LogP contribution in [0.3, 0.4) is 0 Å². The number of carbonyl (C=O) groups excluding carboxylic acids is 1. The number of anilines is 1. The van der Waals surface area contributed by atoms with E-state index in [4.69, 9.17) is 34.0 Å². The van der Waals surface area contributed by atoms with Gasteiger partial charge >= 0.3 is 0 Å². The number of hydrogen-bond donors (Lipinski definition) is 3. The third-order valence-electron chi connectivity index (χ3n) is 2.79. The second-order valence-corrected chi connectivity index (χ2v) is 5.33. The van der Waals surface area contributed by atoms with Crippen molar-refractivity contribution in [2.24, 2.45) is 5.92 Å². The van der Waals surface area contributed by atoms with Crippen LogP contribution in [0.5, 0.6) is 0 Å². The van der Waals surface area contributed by atoms with Crippen molar-refractivity contribution in [1.29, 1.82) is 0 Å². The number of aliphatic hydroxyl groups excluding tert-OH is 1. The molecule has 0 aliphatic rings. The Balaban J connectivity index is 2.50. The molecule has 0 saturated heterocycles. The van der Waals surface area contributed by atoms with E-state index in [9.17, 15) is 4.79 Å². The van der Waals surface area contributed by atoms with E-state index in [2.05, 4.69) is 5.32 Å². The number of carbonyl (C=O) groups is 1. The maximum absolute atomic E-state index is 11.9. The monoisotopic (exact) mass is 304 g/mol. The molecule has 0 aliphatic carbocycles. The molecule has 106 valence electrons. The summed E-state index contributed by atoms with van der Waals surface area (Å²) in [7, 11) is 0. The lowest BCUT2D eigenvalue weighted by Gasteiger charge is -2.09. The van der Waals surface area contributed by atoms with Gasteiger partial charge in [-0.3, -0.25) is 4.79 Å². The Hall–Kier alpha value is -0.970. The minimum absolute atomic E-state index is 0.164. The lowest BCUT2D eigenvalue weighted by Crippen LogP contribution is -2.25. The Morgan fingerprint density at radius 3 is 2.74 bits per heavy atom. The van der Waals surface area contributed by atoms with Crippen LogP contribution in [-0.4, -0.2) is 24.2 Å². The van der Waals surface area contributed by atoms with Gasteiger partial charge in [-0.25, -0.2) is 0 Å². The molecule has 1 amide bonds. The molecule has 0 fully saturated rings. The molecule has 1 aromatic carbocycles. The lowest BCUT2D eigenvalue weighted by atomic mass is 10.1. The molecule has 0 spiro atoms. The van der Waals surface area contributed by atoms with Crippen LogP contribution in [-0.2, 0) is 0 Å². The van der Waals surface area contributed by atoms with Crippen LogP contribution >= 0.6 is 23.2 Å². The Morgan fingerprint density at radius 2 is 2.16 bits per heavy atom. The summed E-state index contributed by atoms with van der Waals surface area (Å²) in [5.74, 6) is 0.0134. The van der Waals surface area contributed by atoms with Gasteiger partial charge in [-0.15, -0.1) is 0 Å². The van der Waals surface area contributed by atoms with E-state index in [1.807, 2.05) is 6.92 Å². The molecule has 0 radical (unpaired) electrons. The first-order chi connectivity index (χ1) is 8.95.